The number of aryl methyl sites for hydroxylation is 1. The minimum atomic E-state index is -0.801. The molecule has 2 N–H and O–H groups in total. The molecule has 0 radical (unpaired) electrons. The van der Waals surface area contributed by atoms with Gasteiger partial charge < -0.3 is 14.9 Å². The smallest absolute Gasteiger partial charge is 0.305 e. The van der Waals surface area contributed by atoms with E-state index in [-0.39, 0.29) is 12.4 Å². The van der Waals surface area contributed by atoms with E-state index in [1.165, 1.54) is 7.11 Å². The zero-order valence-electron chi connectivity index (χ0n) is 15.6. The maximum atomic E-state index is 11.2. The van der Waals surface area contributed by atoms with Crippen LogP contribution in [0.15, 0.2) is 48.5 Å². The number of esters is 1. The lowest BCUT2D eigenvalue weighted by Gasteiger charge is -2.12. The third-order valence-corrected chi connectivity index (χ3v) is 4.55. The second-order valence-electron chi connectivity index (χ2n) is 6.55. The van der Waals surface area contributed by atoms with Crippen molar-refractivity contribution in [1.29, 1.82) is 0 Å². The summed E-state index contributed by atoms with van der Waals surface area (Å²) in [5, 5.41) is 18.9. The number of carbonyl (C=O) groups is 2. The molecule has 0 saturated carbocycles. The Balaban J connectivity index is 1.90. The fourth-order valence-electron chi connectivity index (χ4n) is 2.89. The molecular formula is C22H26O5. The van der Waals surface area contributed by atoms with E-state index in [9.17, 15) is 14.7 Å². The van der Waals surface area contributed by atoms with Gasteiger partial charge in [-0.25, -0.2) is 0 Å². The first-order valence-corrected chi connectivity index (χ1v) is 9.15. The summed E-state index contributed by atoms with van der Waals surface area (Å²) in [5.41, 5.74) is 4.04. The standard InChI is InChI=1S/C22H26O5/c1-27-22(26)15-8-16-6-9-17(10-7-16)18-11-13-19(14-12-18)20(23)4-2-3-5-21(24)25/h6-7,9-14,20,23H,2-5,8,15H2,1H3,(H,24,25)/t20-/m1/s1. The number of methoxy groups -OCH3 is 1. The molecule has 0 fully saturated rings. The third-order valence-electron chi connectivity index (χ3n) is 4.55. The highest BCUT2D eigenvalue weighted by Gasteiger charge is 2.09. The normalized spacial score (nSPS) is 11.8. The Labute approximate surface area is 159 Å². The SMILES string of the molecule is COC(=O)CCc1ccc(-c2ccc([C@H](O)CCCCC(=O)O)cc2)cc1. The number of aliphatic carboxylic acids is 1. The molecule has 0 unspecified atom stereocenters. The lowest BCUT2D eigenvalue weighted by Crippen LogP contribution is -2.01. The third kappa shape index (κ3) is 6.87. The van der Waals surface area contributed by atoms with Crippen LogP contribution in [0.1, 0.15) is 49.3 Å². The van der Waals surface area contributed by atoms with Gasteiger partial charge in [-0.3, -0.25) is 9.59 Å². The van der Waals surface area contributed by atoms with Gasteiger partial charge in [-0.15, -0.1) is 0 Å². The molecule has 0 heterocycles. The molecule has 0 bridgehead atoms. The molecule has 0 aromatic heterocycles. The van der Waals surface area contributed by atoms with Gasteiger partial charge in [0.05, 0.1) is 13.2 Å². The molecule has 2 aromatic rings. The summed E-state index contributed by atoms with van der Waals surface area (Å²) < 4.78 is 4.65. The Morgan fingerprint density at radius 2 is 1.52 bits per heavy atom. The number of rotatable bonds is 10. The summed E-state index contributed by atoms with van der Waals surface area (Å²) in [6.07, 6.45) is 2.40. The molecule has 0 aliphatic rings. The van der Waals surface area contributed by atoms with Gasteiger partial charge in [0.25, 0.3) is 0 Å². The van der Waals surface area contributed by atoms with Gasteiger partial charge in [-0.05, 0) is 47.9 Å². The Kier molecular flexibility index (Phi) is 8.01. The van der Waals surface area contributed by atoms with Crippen LogP contribution in [0.2, 0.25) is 0 Å². The summed E-state index contributed by atoms with van der Waals surface area (Å²) in [4.78, 5) is 21.7. The second kappa shape index (κ2) is 10.5. The van der Waals surface area contributed by atoms with Gasteiger partial charge in [-0.1, -0.05) is 48.5 Å². The number of ether oxygens (including phenoxy) is 1. The first-order valence-electron chi connectivity index (χ1n) is 9.15. The highest BCUT2D eigenvalue weighted by atomic mass is 16.5. The van der Waals surface area contributed by atoms with Gasteiger partial charge in [0, 0.05) is 12.8 Å². The van der Waals surface area contributed by atoms with E-state index in [1.807, 2.05) is 48.5 Å². The van der Waals surface area contributed by atoms with Crippen molar-refractivity contribution >= 4 is 11.9 Å². The number of aliphatic hydroxyl groups is 1. The minimum Gasteiger partial charge on any atom is -0.481 e. The lowest BCUT2D eigenvalue weighted by atomic mass is 9.98. The number of benzene rings is 2. The van der Waals surface area contributed by atoms with Gasteiger partial charge in [-0.2, -0.15) is 0 Å². The first kappa shape index (κ1) is 20.6. The van der Waals surface area contributed by atoms with Gasteiger partial charge >= 0.3 is 11.9 Å². The predicted octanol–water partition coefficient (Wildman–Crippen LogP) is 4.14. The van der Waals surface area contributed by atoms with Crippen molar-refractivity contribution in [1.82, 2.24) is 0 Å². The molecule has 0 aliphatic heterocycles. The van der Waals surface area contributed by atoms with Crippen molar-refractivity contribution in [2.24, 2.45) is 0 Å². The van der Waals surface area contributed by atoms with E-state index in [0.717, 1.165) is 22.3 Å². The molecule has 0 aliphatic carbocycles. The molecule has 2 rings (SSSR count). The van der Waals surface area contributed by atoms with Crippen LogP contribution in [0.5, 0.6) is 0 Å². The number of hydrogen-bond acceptors (Lipinski definition) is 4. The van der Waals surface area contributed by atoms with Crippen molar-refractivity contribution in [3.05, 3.63) is 59.7 Å². The van der Waals surface area contributed by atoms with E-state index in [1.54, 1.807) is 0 Å². The van der Waals surface area contributed by atoms with Crippen molar-refractivity contribution in [2.75, 3.05) is 7.11 Å². The molecule has 144 valence electrons. The molecular weight excluding hydrogens is 344 g/mol. The summed E-state index contributed by atoms with van der Waals surface area (Å²) in [5.74, 6) is -1.01. The van der Waals surface area contributed by atoms with E-state index < -0.39 is 12.1 Å². The van der Waals surface area contributed by atoms with E-state index in [2.05, 4.69) is 4.74 Å². The van der Waals surface area contributed by atoms with Gasteiger partial charge in [0.15, 0.2) is 0 Å². The van der Waals surface area contributed by atoms with Crippen molar-refractivity contribution in [3.63, 3.8) is 0 Å². The van der Waals surface area contributed by atoms with Crippen LogP contribution in [0.4, 0.5) is 0 Å². The number of aliphatic hydroxyl groups excluding tert-OH is 1. The maximum absolute atomic E-state index is 11.2. The molecule has 27 heavy (non-hydrogen) atoms. The Morgan fingerprint density at radius 1 is 0.926 bits per heavy atom. The fourth-order valence-corrected chi connectivity index (χ4v) is 2.89. The molecule has 2 aromatic carbocycles. The molecule has 0 saturated heterocycles. The van der Waals surface area contributed by atoms with Gasteiger partial charge in [0.1, 0.15) is 0 Å². The summed E-state index contributed by atoms with van der Waals surface area (Å²) in [7, 11) is 1.39. The predicted molar refractivity (Wildman–Crippen MR) is 103 cm³/mol. The Bertz CT molecular complexity index is 734. The van der Waals surface area contributed by atoms with Crippen LogP contribution in [-0.4, -0.2) is 29.3 Å². The number of carboxylic acid groups (broad SMARTS) is 1. The number of unbranched alkanes of at least 4 members (excludes halogenated alkanes) is 1. The Hall–Kier alpha value is -2.66. The Morgan fingerprint density at radius 3 is 2.07 bits per heavy atom. The monoisotopic (exact) mass is 370 g/mol. The molecule has 5 nitrogen and oxygen atoms in total. The van der Waals surface area contributed by atoms with Crippen molar-refractivity contribution in [2.45, 2.75) is 44.6 Å². The summed E-state index contributed by atoms with van der Waals surface area (Å²) in [6.45, 7) is 0. The largest absolute Gasteiger partial charge is 0.481 e. The van der Waals surface area contributed by atoms with Crippen molar-refractivity contribution in [3.8, 4) is 11.1 Å². The van der Waals surface area contributed by atoms with E-state index in [4.69, 9.17) is 5.11 Å². The highest BCUT2D eigenvalue weighted by molar-refractivity contribution is 5.69. The summed E-state index contributed by atoms with van der Waals surface area (Å²) in [6, 6.07) is 15.8. The lowest BCUT2D eigenvalue weighted by molar-refractivity contribution is -0.140. The van der Waals surface area contributed by atoms with E-state index >= 15 is 0 Å². The average Bonchev–Trinajstić information content (AvgIpc) is 2.69. The molecule has 1 atom stereocenters. The zero-order chi connectivity index (χ0) is 19.6. The fraction of sp³-hybridized carbons (Fsp3) is 0.364. The topological polar surface area (TPSA) is 83.8 Å². The quantitative estimate of drug-likeness (QED) is 0.485. The van der Waals surface area contributed by atoms with Crippen LogP contribution < -0.4 is 0 Å². The summed E-state index contributed by atoms with van der Waals surface area (Å²) >= 11 is 0. The van der Waals surface area contributed by atoms with Crippen LogP contribution in [-0.2, 0) is 20.7 Å². The second-order valence-corrected chi connectivity index (χ2v) is 6.55. The van der Waals surface area contributed by atoms with Crippen LogP contribution in [0, 0.1) is 0 Å². The molecule has 0 spiro atoms. The van der Waals surface area contributed by atoms with Gasteiger partial charge in [0.2, 0.25) is 0 Å². The first-order chi connectivity index (χ1) is 13.0. The molecule has 5 heteroatoms. The highest BCUT2D eigenvalue weighted by Crippen LogP contribution is 2.25. The maximum Gasteiger partial charge on any atom is 0.305 e. The zero-order valence-corrected chi connectivity index (χ0v) is 15.6. The number of carbonyl (C=O) groups excluding carboxylic acids is 1. The van der Waals surface area contributed by atoms with Crippen LogP contribution >= 0.6 is 0 Å². The molecule has 0 amide bonds. The average molecular weight is 370 g/mol. The number of carboxylic acids is 1. The minimum absolute atomic E-state index is 0.140. The number of hydrogen-bond donors (Lipinski definition) is 2. The van der Waals surface area contributed by atoms with Crippen LogP contribution in [0.3, 0.4) is 0 Å². The van der Waals surface area contributed by atoms with E-state index in [0.29, 0.717) is 32.1 Å². The van der Waals surface area contributed by atoms with Crippen LogP contribution in [0.25, 0.3) is 11.1 Å². The van der Waals surface area contributed by atoms with Crippen molar-refractivity contribution < 1.29 is 24.5 Å².